The van der Waals surface area contributed by atoms with Crippen LogP contribution in [0.5, 0.6) is 0 Å². The van der Waals surface area contributed by atoms with E-state index in [0.29, 0.717) is 0 Å². The van der Waals surface area contributed by atoms with Crippen molar-refractivity contribution in [1.82, 2.24) is 14.6 Å². The Labute approximate surface area is 70.0 Å². The highest BCUT2D eigenvalue weighted by Crippen LogP contribution is 2.14. The summed E-state index contributed by atoms with van der Waals surface area (Å²) in [4.78, 5) is 4.17. The molecule has 2 rings (SSSR count). The predicted molar refractivity (Wildman–Crippen MR) is 46.8 cm³/mol. The minimum Gasteiger partial charge on any atom is -0.397 e. The number of aromatic nitrogens is 3. The summed E-state index contributed by atoms with van der Waals surface area (Å²) in [6.45, 7) is 2.06. The molecule has 62 valence electrons. The van der Waals surface area contributed by atoms with E-state index in [4.69, 9.17) is 5.73 Å². The van der Waals surface area contributed by atoms with Crippen molar-refractivity contribution in [2.75, 3.05) is 5.73 Å². The first-order valence-corrected chi connectivity index (χ1v) is 3.89. The quantitative estimate of drug-likeness (QED) is 0.677. The third-order valence-electron chi connectivity index (χ3n) is 1.91. The minimum absolute atomic E-state index is 0.719. The van der Waals surface area contributed by atoms with Crippen LogP contribution >= 0.6 is 0 Å². The van der Waals surface area contributed by atoms with Gasteiger partial charge < -0.3 is 5.73 Å². The van der Waals surface area contributed by atoms with E-state index in [2.05, 4.69) is 17.0 Å². The Kier molecular flexibility index (Phi) is 1.46. The molecule has 0 aliphatic rings. The van der Waals surface area contributed by atoms with Gasteiger partial charge in [-0.25, -0.2) is 9.50 Å². The largest absolute Gasteiger partial charge is 0.397 e. The van der Waals surface area contributed by atoms with Crippen molar-refractivity contribution in [3.05, 3.63) is 24.2 Å². The third-order valence-corrected chi connectivity index (χ3v) is 1.91. The van der Waals surface area contributed by atoms with E-state index in [1.807, 2.05) is 6.20 Å². The molecular weight excluding hydrogens is 152 g/mol. The molecule has 0 unspecified atom stereocenters. The normalized spacial score (nSPS) is 10.8. The molecule has 0 saturated carbocycles. The van der Waals surface area contributed by atoms with E-state index in [0.717, 1.165) is 23.3 Å². The summed E-state index contributed by atoms with van der Waals surface area (Å²) in [6.07, 6.45) is 6.08. The zero-order valence-electron chi connectivity index (χ0n) is 6.86. The van der Waals surface area contributed by atoms with Crippen LogP contribution in [-0.4, -0.2) is 14.6 Å². The molecule has 2 aromatic rings. The summed E-state index contributed by atoms with van der Waals surface area (Å²) in [5.41, 5.74) is 8.38. The highest BCUT2D eigenvalue weighted by Gasteiger charge is 2.04. The van der Waals surface area contributed by atoms with Crippen molar-refractivity contribution in [2.45, 2.75) is 13.3 Å². The Morgan fingerprint density at radius 3 is 3.17 bits per heavy atom. The Hall–Kier alpha value is -1.58. The fourth-order valence-electron chi connectivity index (χ4n) is 1.30. The van der Waals surface area contributed by atoms with Gasteiger partial charge in [-0.05, 0) is 6.42 Å². The lowest BCUT2D eigenvalue weighted by molar-refractivity contribution is 0.919. The number of rotatable bonds is 1. The van der Waals surface area contributed by atoms with Crippen LogP contribution in [0.4, 0.5) is 5.69 Å². The molecule has 2 heterocycles. The molecule has 0 saturated heterocycles. The number of nitrogens with two attached hydrogens (primary N) is 1. The van der Waals surface area contributed by atoms with Crippen molar-refractivity contribution < 1.29 is 0 Å². The molecule has 0 amide bonds. The fourth-order valence-corrected chi connectivity index (χ4v) is 1.30. The molecule has 0 radical (unpaired) electrons. The molecule has 0 atom stereocenters. The van der Waals surface area contributed by atoms with Gasteiger partial charge >= 0.3 is 0 Å². The SMILES string of the molecule is CCc1c(N)cnn2ccnc12. The van der Waals surface area contributed by atoms with Gasteiger partial charge in [0.1, 0.15) is 0 Å². The molecule has 4 heteroatoms. The number of hydrogen-bond acceptors (Lipinski definition) is 3. The van der Waals surface area contributed by atoms with Crippen LogP contribution in [0.15, 0.2) is 18.6 Å². The number of nitrogen functional groups attached to an aromatic ring is 1. The summed E-state index contributed by atoms with van der Waals surface area (Å²) in [5, 5.41) is 4.08. The number of hydrogen-bond donors (Lipinski definition) is 1. The average Bonchev–Trinajstić information content (AvgIpc) is 2.52. The predicted octanol–water partition coefficient (Wildman–Crippen LogP) is 0.874. The first kappa shape index (κ1) is 7.09. The Bertz CT molecular complexity index is 404. The number of nitrogens with zero attached hydrogens (tertiary/aromatic N) is 3. The second-order valence-corrected chi connectivity index (χ2v) is 2.63. The maximum Gasteiger partial charge on any atom is 0.158 e. The lowest BCUT2D eigenvalue weighted by Crippen LogP contribution is -2.00. The number of aryl methyl sites for hydroxylation is 1. The highest BCUT2D eigenvalue weighted by atomic mass is 15.2. The lowest BCUT2D eigenvalue weighted by atomic mass is 10.2. The summed E-state index contributed by atoms with van der Waals surface area (Å²) < 4.78 is 1.73. The van der Waals surface area contributed by atoms with Gasteiger partial charge in [0, 0.05) is 18.0 Å². The summed E-state index contributed by atoms with van der Waals surface area (Å²) in [5.74, 6) is 0. The van der Waals surface area contributed by atoms with Gasteiger partial charge in [0.2, 0.25) is 0 Å². The second-order valence-electron chi connectivity index (χ2n) is 2.63. The molecule has 0 spiro atoms. The van der Waals surface area contributed by atoms with Crippen molar-refractivity contribution in [3.63, 3.8) is 0 Å². The van der Waals surface area contributed by atoms with E-state index in [1.165, 1.54) is 0 Å². The monoisotopic (exact) mass is 162 g/mol. The van der Waals surface area contributed by atoms with Gasteiger partial charge in [0.25, 0.3) is 0 Å². The topological polar surface area (TPSA) is 56.2 Å². The number of anilines is 1. The molecule has 12 heavy (non-hydrogen) atoms. The second kappa shape index (κ2) is 2.48. The van der Waals surface area contributed by atoms with Crippen molar-refractivity contribution >= 4 is 11.3 Å². The molecule has 0 bridgehead atoms. The summed E-state index contributed by atoms with van der Waals surface area (Å²) in [7, 11) is 0. The van der Waals surface area contributed by atoms with Crippen LogP contribution < -0.4 is 5.73 Å². The molecule has 4 nitrogen and oxygen atoms in total. The first-order chi connectivity index (χ1) is 5.83. The molecule has 0 fully saturated rings. The van der Waals surface area contributed by atoms with Gasteiger partial charge in [-0.1, -0.05) is 6.92 Å². The molecule has 2 aromatic heterocycles. The van der Waals surface area contributed by atoms with Crippen LogP contribution in [0.1, 0.15) is 12.5 Å². The summed E-state index contributed by atoms with van der Waals surface area (Å²) >= 11 is 0. The fraction of sp³-hybridized carbons (Fsp3) is 0.250. The van der Waals surface area contributed by atoms with E-state index >= 15 is 0 Å². The highest BCUT2D eigenvalue weighted by molar-refractivity contribution is 5.59. The van der Waals surface area contributed by atoms with Gasteiger partial charge in [0.15, 0.2) is 5.65 Å². The van der Waals surface area contributed by atoms with E-state index in [1.54, 1.807) is 16.9 Å². The van der Waals surface area contributed by atoms with Crippen molar-refractivity contribution in [1.29, 1.82) is 0 Å². The minimum atomic E-state index is 0.719. The molecule has 0 aliphatic carbocycles. The van der Waals surface area contributed by atoms with Crippen LogP contribution in [0.2, 0.25) is 0 Å². The summed E-state index contributed by atoms with van der Waals surface area (Å²) in [6, 6.07) is 0. The van der Waals surface area contributed by atoms with Crippen LogP contribution in [0, 0.1) is 0 Å². The maximum atomic E-state index is 5.74. The van der Waals surface area contributed by atoms with Gasteiger partial charge in [-0.15, -0.1) is 0 Å². The Morgan fingerprint density at radius 1 is 1.58 bits per heavy atom. The average molecular weight is 162 g/mol. The lowest BCUT2D eigenvalue weighted by Gasteiger charge is -2.02. The smallest absolute Gasteiger partial charge is 0.158 e. The standard InChI is InChI=1S/C8H10N4/c1-2-6-7(9)5-11-12-4-3-10-8(6)12/h3-5H,2,9H2,1H3. The van der Waals surface area contributed by atoms with Crippen LogP contribution in [0.3, 0.4) is 0 Å². The van der Waals surface area contributed by atoms with E-state index in [9.17, 15) is 0 Å². The van der Waals surface area contributed by atoms with E-state index < -0.39 is 0 Å². The maximum absolute atomic E-state index is 5.74. The molecule has 0 aliphatic heterocycles. The zero-order valence-corrected chi connectivity index (χ0v) is 6.86. The van der Waals surface area contributed by atoms with Gasteiger partial charge in [0.05, 0.1) is 11.9 Å². The molecule has 0 aromatic carbocycles. The molecule has 2 N–H and O–H groups in total. The van der Waals surface area contributed by atoms with Crippen LogP contribution in [0.25, 0.3) is 5.65 Å². The van der Waals surface area contributed by atoms with Crippen molar-refractivity contribution in [3.8, 4) is 0 Å². The third kappa shape index (κ3) is 0.845. The first-order valence-electron chi connectivity index (χ1n) is 3.89. The van der Waals surface area contributed by atoms with Crippen molar-refractivity contribution in [2.24, 2.45) is 0 Å². The Balaban J connectivity index is 2.83. The van der Waals surface area contributed by atoms with E-state index in [-0.39, 0.29) is 0 Å². The zero-order chi connectivity index (χ0) is 8.55. The van der Waals surface area contributed by atoms with Gasteiger partial charge in [-0.3, -0.25) is 0 Å². The van der Waals surface area contributed by atoms with Crippen LogP contribution in [-0.2, 0) is 6.42 Å². The number of imidazole rings is 1. The Morgan fingerprint density at radius 2 is 2.42 bits per heavy atom. The molecular formula is C8H10N4. The van der Waals surface area contributed by atoms with Gasteiger partial charge in [-0.2, -0.15) is 5.10 Å². The number of fused-ring (bicyclic) bond motifs is 1.